The normalized spacial score (nSPS) is 13.4. The van der Waals surface area contributed by atoms with Crippen molar-refractivity contribution in [3.05, 3.63) is 11.8 Å². The summed E-state index contributed by atoms with van der Waals surface area (Å²) in [5.41, 5.74) is 0. The number of rotatable bonds is 11. The van der Waals surface area contributed by atoms with E-state index in [1.165, 1.54) is 14.0 Å². The highest BCUT2D eigenvalue weighted by molar-refractivity contribution is 5.70. The summed E-state index contributed by atoms with van der Waals surface area (Å²) in [4.78, 5) is 11.4. The molecule has 0 aromatic heterocycles. The Kier molecular flexibility index (Phi) is 10.7. The molecule has 0 aliphatic rings. The van der Waals surface area contributed by atoms with Gasteiger partial charge in [0.2, 0.25) is 5.76 Å². The topological polar surface area (TPSA) is 74.2 Å². The molecule has 0 fully saturated rings. The summed E-state index contributed by atoms with van der Waals surface area (Å²) in [6.07, 6.45) is -4.37. The molecule has 0 aliphatic heterocycles. The number of aliphatic hydroxyl groups is 1. The molecule has 0 rings (SSSR count). The lowest BCUT2D eigenvalue weighted by atomic mass is 10.2. The number of hydrogen-bond donors (Lipinski definition) is 1. The molecule has 1 N–H and O–H groups in total. The molecule has 6 nitrogen and oxygen atoms in total. The third-order valence-corrected chi connectivity index (χ3v) is 2.31. The number of hydrogen-bond acceptors (Lipinski definition) is 6. The van der Waals surface area contributed by atoms with Gasteiger partial charge in [-0.3, -0.25) is 4.79 Å². The van der Waals surface area contributed by atoms with Gasteiger partial charge in [-0.1, -0.05) is 6.92 Å². The van der Waals surface area contributed by atoms with E-state index >= 15 is 0 Å². The first-order valence-electron chi connectivity index (χ1n) is 6.54. The molecule has 124 valence electrons. The van der Waals surface area contributed by atoms with Crippen molar-refractivity contribution in [3.63, 3.8) is 0 Å². The molecule has 8 heteroatoms. The maximum Gasteiger partial charge on any atom is 0.311 e. The highest BCUT2D eigenvalue weighted by Gasteiger charge is 2.24. The molecular formula is C13H22F2O6. The van der Waals surface area contributed by atoms with Gasteiger partial charge in [-0.15, -0.1) is 0 Å². The molecule has 0 spiro atoms. The maximum atomic E-state index is 12.9. The van der Waals surface area contributed by atoms with E-state index in [-0.39, 0.29) is 19.4 Å². The van der Waals surface area contributed by atoms with Crippen LogP contribution in [0.25, 0.3) is 0 Å². The Labute approximate surface area is 122 Å². The van der Waals surface area contributed by atoms with Crippen molar-refractivity contribution in [1.82, 2.24) is 0 Å². The second-order valence-corrected chi connectivity index (χ2v) is 4.23. The fourth-order valence-corrected chi connectivity index (χ4v) is 1.35. The van der Waals surface area contributed by atoms with Crippen molar-refractivity contribution in [2.24, 2.45) is 0 Å². The van der Waals surface area contributed by atoms with Crippen LogP contribution in [0.1, 0.15) is 26.7 Å². The Morgan fingerprint density at radius 2 is 1.95 bits per heavy atom. The van der Waals surface area contributed by atoms with Gasteiger partial charge >= 0.3 is 12.0 Å². The SMILES string of the molecule is CCC(OC(=O)CC(C)O)C(OCOCCOC)=C(F)F. The van der Waals surface area contributed by atoms with Crippen molar-refractivity contribution in [1.29, 1.82) is 0 Å². The minimum Gasteiger partial charge on any atom is -0.462 e. The Bertz CT molecular complexity index is 329. The molecule has 2 atom stereocenters. The third kappa shape index (κ3) is 9.33. The number of ether oxygens (including phenoxy) is 4. The molecule has 0 aromatic rings. The molecule has 21 heavy (non-hydrogen) atoms. The standard InChI is InChI=1S/C13H22F2O6/c1-4-10(21-11(17)7-9(2)16)12(13(14)15)20-8-19-6-5-18-3/h9-10,16H,4-8H2,1-3H3. The van der Waals surface area contributed by atoms with Gasteiger partial charge in [0, 0.05) is 7.11 Å². The van der Waals surface area contributed by atoms with E-state index < -0.39 is 36.8 Å². The lowest BCUT2D eigenvalue weighted by Gasteiger charge is -2.19. The van der Waals surface area contributed by atoms with Gasteiger partial charge in [0.15, 0.2) is 12.9 Å². The van der Waals surface area contributed by atoms with Crippen LogP contribution in [0.2, 0.25) is 0 Å². The Hall–Kier alpha value is -1.25. The molecule has 0 saturated carbocycles. The van der Waals surface area contributed by atoms with Crippen molar-refractivity contribution >= 4 is 5.97 Å². The van der Waals surface area contributed by atoms with Gasteiger partial charge in [0.05, 0.1) is 25.7 Å². The second-order valence-electron chi connectivity index (χ2n) is 4.23. The Balaban J connectivity index is 4.46. The molecule has 0 aliphatic carbocycles. The minimum absolute atomic E-state index is 0.107. The smallest absolute Gasteiger partial charge is 0.311 e. The average Bonchev–Trinajstić information content (AvgIpc) is 2.39. The van der Waals surface area contributed by atoms with Gasteiger partial charge in [-0.2, -0.15) is 8.78 Å². The first-order valence-corrected chi connectivity index (χ1v) is 6.54. The largest absolute Gasteiger partial charge is 0.462 e. The fraction of sp³-hybridized carbons (Fsp3) is 0.769. The van der Waals surface area contributed by atoms with E-state index in [4.69, 9.17) is 24.1 Å². The quantitative estimate of drug-likeness (QED) is 0.271. The summed E-state index contributed by atoms with van der Waals surface area (Å²) < 4.78 is 45.1. The number of methoxy groups -OCH3 is 1. The van der Waals surface area contributed by atoms with Crippen LogP contribution in [0.4, 0.5) is 8.78 Å². The molecule has 0 amide bonds. The van der Waals surface area contributed by atoms with Crippen LogP contribution in [0, 0.1) is 0 Å². The molecule has 0 bridgehead atoms. The molecule has 0 radical (unpaired) electrons. The lowest BCUT2D eigenvalue weighted by Crippen LogP contribution is -2.24. The average molecular weight is 312 g/mol. The summed E-state index contributed by atoms with van der Waals surface area (Å²) in [5, 5.41) is 9.06. The Morgan fingerprint density at radius 1 is 1.29 bits per heavy atom. The zero-order valence-corrected chi connectivity index (χ0v) is 12.4. The highest BCUT2D eigenvalue weighted by atomic mass is 19.3. The van der Waals surface area contributed by atoms with Crippen molar-refractivity contribution in [2.45, 2.75) is 38.9 Å². The molecule has 2 unspecified atom stereocenters. The zero-order valence-electron chi connectivity index (χ0n) is 12.4. The number of carbonyl (C=O) groups is 1. The van der Waals surface area contributed by atoms with Crippen LogP contribution < -0.4 is 0 Å². The number of esters is 1. The van der Waals surface area contributed by atoms with E-state index in [1.54, 1.807) is 6.92 Å². The van der Waals surface area contributed by atoms with Gasteiger partial charge in [-0.05, 0) is 13.3 Å². The van der Waals surface area contributed by atoms with Crippen LogP contribution in [0.15, 0.2) is 11.8 Å². The van der Waals surface area contributed by atoms with Crippen LogP contribution in [0.5, 0.6) is 0 Å². The molecule has 0 heterocycles. The number of halogens is 2. The van der Waals surface area contributed by atoms with E-state index in [1.807, 2.05) is 0 Å². The molecule has 0 aromatic carbocycles. The van der Waals surface area contributed by atoms with Gasteiger partial charge in [0.1, 0.15) is 0 Å². The highest BCUT2D eigenvalue weighted by Crippen LogP contribution is 2.20. The zero-order chi connectivity index (χ0) is 16.3. The van der Waals surface area contributed by atoms with Crippen molar-refractivity contribution in [2.75, 3.05) is 27.1 Å². The van der Waals surface area contributed by atoms with Crippen LogP contribution in [-0.2, 0) is 23.7 Å². The van der Waals surface area contributed by atoms with Gasteiger partial charge in [-0.25, -0.2) is 0 Å². The van der Waals surface area contributed by atoms with E-state index in [0.717, 1.165) is 0 Å². The van der Waals surface area contributed by atoms with Gasteiger partial charge in [0.25, 0.3) is 0 Å². The summed E-state index contributed by atoms with van der Waals surface area (Å²) in [6.45, 7) is 3.06. The Morgan fingerprint density at radius 3 is 2.43 bits per heavy atom. The second kappa shape index (κ2) is 11.4. The monoisotopic (exact) mass is 312 g/mol. The van der Waals surface area contributed by atoms with Crippen molar-refractivity contribution in [3.8, 4) is 0 Å². The first-order chi connectivity index (χ1) is 9.92. The fourth-order valence-electron chi connectivity index (χ4n) is 1.35. The first kappa shape index (κ1) is 19.8. The third-order valence-electron chi connectivity index (χ3n) is 2.31. The summed E-state index contributed by atoms with van der Waals surface area (Å²) in [7, 11) is 1.48. The molecular weight excluding hydrogens is 290 g/mol. The lowest BCUT2D eigenvalue weighted by molar-refractivity contribution is -0.153. The predicted octanol–water partition coefficient (Wildman–Crippen LogP) is 1.82. The maximum absolute atomic E-state index is 12.9. The number of aliphatic hydroxyl groups excluding tert-OH is 1. The van der Waals surface area contributed by atoms with Crippen molar-refractivity contribution < 1.29 is 37.6 Å². The summed E-state index contributed by atoms with van der Waals surface area (Å²) in [5.74, 6) is -1.52. The van der Waals surface area contributed by atoms with E-state index in [9.17, 15) is 13.6 Å². The van der Waals surface area contributed by atoms with E-state index in [0.29, 0.717) is 6.61 Å². The minimum atomic E-state index is -2.08. The van der Waals surface area contributed by atoms with E-state index in [2.05, 4.69) is 0 Å². The predicted molar refractivity (Wildman–Crippen MR) is 69.5 cm³/mol. The summed E-state index contributed by atoms with van der Waals surface area (Å²) >= 11 is 0. The van der Waals surface area contributed by atoms with Crippen LogP contribution in [0.3, 0.4) is 0 Å². The van der Waals surface area contributed by atoms with Crippen LogP contribution >= 0.6 is 0 Å². The summed E-state index contributed by atoms with van der Waals surface area (Å²) in [6, 6.07) is 0. The van der Waals surface area contributed by atoms with Crippen LogP contribution in [-0.4, -0.2) is 50.4 Å². The van der Waals surface area contributed by atoms with Gasteiger partial charge < -0.3 is 24.1 Å². The number of carbonyl (C=O) groups excluding carboxylic acids is 1. The molecule has 0 saturated heterocycles.